The molecule has 1 rings (SSSR count). The molecule has 0 spiro atoms. The molecular formula is C8H8N2O3S. The van der Waals surface area contributed by atoms with Crippen molar-refractivity contribution in [2.45, 2.75) is 0 Å². The smallest absolute Gasteiger partial charge is 0.432 e. The lowest BCUT2D eigenvalue weighted by atomic mass is 10.3. The molecule has 0 radical (unpaired) electrons. The lowest BCUT2D eigenvalue weighted by Gasteiger charge is -2.02. The number of aliphatic imine (C=N–C) groups is 1. The highest BCUT2D eigenvalue weighted by Crippen LogP contribution is 2.18. The first-order valence-electron chi connectivity index (χ1n) is 3.65. The van der Waals surface area contributed by atoms with E-state index in [1.165, 1.54) is 12.3 Å². The predicted octanol–water partition coefficient (Wildman–Crippen LogP) is 1.57. The van der Waals surface area contributed by atoms with Crippen molar-refractivity contribution >= 4 is 22.9 Å². The van der Waals surface area contributed by atoms with Crippen molar-refractivity contribution in [3.8, 4) is 5.75 Å². The van der Waals surface area contributed by atoms with Crippen molar-refractivity contribution in [1.82, 2.24) is 4.98 Å². The Morgan fingerprint density at radius 3 is 2.86 bits per heavy atom. The zero-order valence-electron chi connectivity index (χ0n) is 7.34. The minimum absolute atomic E-state index is 0.0816. The molecule has 1 aromatic rings. The van der Waals surface area contributed by atoms with Crippen LogP contribution in [0.25, 0.3) is 0 Å². The van der Waals surface area contributed by atoms with Crippen LogP contribution in [0.5, 0.6) is 5.75 Å². The maximum atomic E-state index is 10.3. The van der Waals surface area contributed by atoms with E-state index in [1.54, 1.807) is 12.3 Å². The van der Waals surface area contributed by atoms with Gasteiger partial charge < -0.3 is 10.2 Å². The summed E-state index contributed by atoms with van der Waals surface area (Å²) in [7, 11) is 0. The lowest BCUT2D eigenvalue weighted by Crippen LogP contribution is -2.02. The molecule has 1 heterocycles. The van der Waals surface area contributed by atoms with Gasteiger partial charge in [-0.3, -0.25) is 4.98 Å². The van der Waals surface area contributed by atoms with E-state index in [2.05, 4.69) is 9.98 Å². The van der Waals surface area contributed by atoms with Crippen LogP contribution in [0, 0.1) is 0 Å². The minimum atomic E-state index is -1.31. The first-order valence-corrected chi connectivity index (χ1v) is 4.87. The van der Waals surface area contributed by atoms with Crippen LogP contribution in [-0.2, 0) is 0 Å². The number of nitrogens with zero attached hydrogens (tertiary/aromatic N) is 2. The third-order valence-electron chi connectivity index (χ3n) is 1.38. The van der Waals surface area contributed by atoms with E-state index in [0.717, 1.165) is 11.8 Å². The van der Waals surface area contributed by atoms with Gasteiger partial charge in [0.1, 0.15) is 16.5 Å². The average molecular weight is 212 g/mol. The van der Waals surface area contributed by atoms with Gasteiger partial charge in [0.2, 0.25) is 0 Å². The monoisotopic (exact) mass is 212 g/mol. The molecule has 0 aliphatic rings. The number of carbonyl (C=O) groups is 1. The van der Waals surface area contributed by atoms with E-state index in [0.29, 0.717) is 0 Å². The van der Waals surface area contributed by atoms with Crippen LogP contribution in [0.1, 0.15) is 5.69 Å². The standard InChI is InChI=1S/C8H8N2O3S/c1-14-7(10-8(12)13)6-5(11)3-2-4-9-6/h2-4,11H,1H3,(H,12,13)/b10-7-. The molecule has 6 heteroatoms. The first kappa shape index (κ1) is 10.5. The molecule has 1 amide bonds. The van der Waals surface area contributed by atoms with Gasteiger partial charge in [0.05, 0.1) is 0 Å². The van der Waals surface area contributed by atoms with Gasteiger partial charge in [-0.25, -0.2) is 4.79 Å². The Kier molecular flexibility index (Phi) is 3.47. The van der Waals surface area contributed by atoms with Crippen molar-refractivity contribution in [3.05, 3.63) is 24.0 Å². The van der Waals surface area contributed by atoms with Crippen molar-refractivity contribution < 1.29 is 15.0 Å². The Bertz CT molecular complexity index is 379. The zero-order valence-corrected chi connectivity index (χ0v) is 8.15. The average Bonchev–Trinajstić information content (AvgIpc) is 2.15. The second-order valence-corrected chi connectivity index (χ2v) is 3.07. The van der Waals surface area contributed by atoms with Crippen LogP contribution in [-0.4, -0.2) is 32.6 Å². The van der Waals surface area contributed by atoms with Gasteiger partial charge in [0, 0.05) is 6.20 Å². The third-order valence-corrected chi connectivity index (χ3v) is 2.05. The summed E-state index contributed by atoms with van der Waals surface area (Å²) in [6, 6.07) is 2.98. The molecule has 0 atom stereocenters. The van der Waals surface area contributed by atoms with Gasteiger partial charge in [-0.15, -0.1) is 11.8 Å². The van der Waals surface area contributed by atoms with Gasteiger partial charge >= 0.3 is 6.09 Å². The van der Waals surface area contributed by atoms with Crippen molar-refractivity contribution in [1.29, 1.82) is 0 Å². The molecule has 14 heavy (non-hydrogen) atoms. The molecule has 0 aliphatic carbocycles. The number of rotatable bonds is 1. The largest absolute Gasteiger partial charge is 0.506 e. The van der Waals surface area contributed by atoms with Crippen LogP contribution in [0.4, 0.5) is 4.79 Å². The minimum Gasteiger partial charge on any atom is -0.506 e. The van der Waals surface area contributed by atoms with Gasteiger partial charge in [0.25, 0.3) is 0 Å². The summed E-state index contributed by atoms with van der Waals surface area (Å²) < 4.78 is 0. The molecule has 0 unspecified atom stereocenters. The van der Waals surface area contributed by atoms with Gasteiger partial charge in [-0.1, -0.05) is 0 Å². The summed E-state index contributed by atoms with van der Waals surface area (Å²) in [5, 5.41) is 18.0. The molecule has 0 saturated carbocycles. The highest BCUT2D eigenvalue weighted by molar-refractivity contribution is 8.13. The van der Waals surface area contributed by atoms with Gasteiger partial charge in [-0.2, -0.15) is 4.99 Å². The summed E-state index contributed by atoms with van der Waals surface area (Å²) in [6.45, 7) is 0. The predicted molar refractivity (Wildman–Crippen MR) is 54.0 cm³/mol. The zero-order chi connectivity index (χ0) is 10.6. The van der Waals surface area contributed by atoms with Crippen molar-refractivity contribution in [3.63, 3.8) is 0 Å². The number of pyridine rings is 1. The van der Waals surface area contributed by atoms with Crippen LogP contribution < -0.4 is 0 Å². The number of aromatic nitrogens is 1. The third kappa shape index (κ3) is 2.46. The molecule has 0 aromatic carbocycles. The normalized spacial score (nSPS) is 11.4. The number of carboxylic acid groups (broad SMARTS) is 1. The molecule has 0 aliphatic heterocycles. The van der Waals surface area contributed by atoms with Crippen LogP contribution >= 0.6 is 11.8 Å². The van der Waals surface area contributed by atoms with E-state index in [9.17, 15) is 9.90 Å². The Balaban J connectivity index is 3.13. The molecule has 0 saturated heterocycles. The summed E-state index contributed by atoms with van der Waals surface area (Å²) in [6.07, 6.45) is 1.82. The topological polar surface area (TPSA) is 82.8 Å². The number of hydrogen-bond acceptors (Lipinski definition) is 4. The number of thioether (sulfide) groups is 1. The fourth-order valence-electron chi connectivity index (χ4n) is 0.844. The summed E-state index contributed by atoms with van der Waals surface area (Å²) >= 11 is 1.11. The van der Waals surface area contributed by atoms with Gasteiger partial charge in [0.15, 0.2) is 0 Å². The summed E-state index contributed by atoms with van der Waals surface area (Å²) in [4.78, 5) is 17.5. The highest BCUT2D eigenvalue weighted by atomic mass is 32.2. The Labute approximate surface area is 84.5 Å². The molecule has 0 fully saturated rings. The molecule has 0 bridgehead atoms. The molecule has 2 N–H and O–H groups in total. The fourth-order valence-corrected chi connectivity index (χ4v) is 1.36. The van der Waals surface area contributed by atoms with Crippen LogP contribution in [0.15, 0.2) is 23.3 Å². The number of amides is 1. The molecule has 1 aromatic heterocycles. The highest BCUT2D eigenvalue weighted by Gasteiger charge is 2.10. The molecule has 5 nitrogen and oxygen atoms in total. The van der Waals surface area contributed by atoms with E-state index >= 15 is 0 Å². The SMILES string of the molecule is CS/C(=N\C(=O)O)c1ncccc1O. The summed E-state index contributed by atoms with van der Waals surface area (Å²) in [5.74, 6) is -0.0816. The first-order chi connectivity index (χ1) is 6.65. The second kappa shape index (κ2) is 4.61. The van der Waals surface area contributed by atoms with Gasteiger partial charge in [-0.05, 0) is 18.4 Å². The Morgan fingerprint density at radius 1 is 1.64 bits per heavy atom. The van der Waals surface area contributed by atoms with E-state index in [4.69, 9.17) is 5.11 Å². The number of aromatic hydroxyl groups is 1. The second-order valence-electron chi connectivity index (χ2n) is 2.27. The fraction of sp³-hybridized carbons (Fsp3) is 0.125. The van der Waals surface area contributed by atoms with E-state index in [1.807, 2.05) is 0 Å². The molecular weight excluding hydrogens is 204 g/mol. The Morgan fingerprint density at radius 2 is 2.36 bits per heavy atom. The lowest BCUT2D eigenvalue weighted by molar-refractivity contribution is 0.206. The maximum Gasteiger partial charge on any atom is 0.432 e. The van der Waals surface area contributed by atoms with E-state index < -0.39 is 6.09 Å². The van der Waals surface area contributed by atoms with Crippen LogP contribution in [0.3, 0.4) is 0 Å². The van der Waals surface area contributed by atoms with Crippen molar-refractivity contribution in [2.75, 3.05) is 6.26 Å². The van der Waals surface area contributed by atoms with E-state index in [-0.39, 0.29) is 16.5 Å². The Hall–Kier alpha value is -1.56. The number of hydrogen-bond donors (Lipinski definition) is 2. The summed E-state index contributed by atoms with van der Waals surface area (Å²) in [5.41, 5.74) is 0.183. The maximum absolute atomic E-state index is 10.3. The molecule has 74 valence electrons. The quantitative estimate of drug-likeness (QED) is 0.545. The van der Waals surface area contributed by atoms with Crippen LogP contribution in [0.2, 0.25) is 0 Å². The van der Waals surface area contributed by atoms with Crippen molar-refractivity contribution in [2.24, 2.45) is 4.99 Å².